The van der Waals surface area contributed by atoms with Crippen molar-refractivity contribution in [3.8, 4) is 11.5 Å². The van der Waals surface area contributed by atoms with Gasteiger partial charge in [0.15, 0.2) is 0 Å². The molecule has 110 valence electrons. The summed E-state index contributed by atoms with van der Waals surface area (Å²) in [4.78, 5) is 12.0. The number of benzene rings is 2. The zero-order valence-corrected chi connectivity index (χ0v) is 13.2. The summed E-state index contributed by atoms with van der Waals surface area (Å²) in [5.74, 6) is 0.646. The van der Waals surface area contributed by atoms with Gasteiger partial charge in [0, 0.05) is 12.1 Å². The lowest BCUT2D eigenvalue weighted by molar-refractivity contribution is 0.0953. The van der Waals surface area contributed by atoms with E-state index in [0.29, 0.717) is 23.0 Å². The van der Waals surface area contributed by atoms with Gasteiger partial charge in [-0.05, 0) is 58.2 Å². The quantitative estimate of drug-likeness (QED) is 0.871. The van der Waals surface area contributed by atoms with E-state index in [1.165, 1.54) is 6.07 Å². The van der Waals surface area contributed by atoms with Crippen molar-refractivity contribution in [3.05, 3.63) is 58.1 Å². The van der Waals surface area contributed by atoms with E-state index in [4.69, 9.17) is 4.74 Å². The predicted molar refractivity (Wildman–Crippen MR) is 84.8 cm³/mol. The zero-order chi connectivity index (χ0) is 15.2. The second-order valence-electron chi connectivity index (χ2n) is 4.52. The highest BCUT2D eigenvalue weighted by Crippen LogP contribution is 2.24. The van der Waals surface area contributed by atoms with E-state index in [2.05, 4.69) is 21.2 Å². The molecule has 0 spiro atoms. The first-order valence-corrected chi connectivity index (χ1v) is 7.29. The Balaban J connectivity index is 1.90. The lowest BCUT2D eigenvalue weighted by Gasteiger charge is -2.07. The molecule has 0 bridgehead atoms. The molecule has 0 unspecified atom stereocenters. The Morgan fingerprint density at radius 2 is 2.10 bits per heavy atom. The lowest BCUT2D eigenvalue weighted by atomic mass is 10.1. The number of hydrogen-bond donors (Lipinski definition) is 2. The number of methoxy groups -OCH3 is 1. The summed E-state index contributed by atoms with van der Waals surface area (Å²) in [7, 11) is 1.63. The van der Waals surface area contributed by atoms with Crippen molar-refractivity contribution in [1.29, 1.82) is 0 Å². The van der Waals surface area contributed by atoms with Crippen LogP contribution in [0.1, 0.15) is 15.9 Å². The SMILES string of the molecule is COc1cccc(CCNC(=O)c2ccc(Br)c(O)c2)c1. The van der Waals surface area contributed by atoms with Gasteiger partial charge in [-0.25, -0.2) is 0 Å². The van der Waals surface area contributed by atoms with Gasteiger partial charge in [-0.1, -0.05) is 12.1 Å². The summed E-state index contributed by atoms with van der Waals surface area (Å²) in [6.45, 7) is 0.517. The number of hydrogen-bond acceptors (Lipinski definition) is 3. The largest absolute Gasteiger partial charge is 0.507 e. The average molecular weight is 350 g/mol. The zero-order valence-electron chi connectivity index (χ0n) is 11.6. The molecule has 2 aromatic rings. The molecule has 0 aliphatic rings. The van der Waals surface area contributed by atoms with Crippen LogP contribution in [0.5, 0.6) is 11.5 Å². The van der Waals surface area contributed by atoms with Crippen molar-refractivity contribution in [2.75, 3.05) is 13.7 Å². The first kappa shape index (κ1) is 15.4. The van der Waals surface area contributed by atoms with Crippen molar-refractivity contribution in [1.82, 2.24) is 5.32 Å². The van der Waals surface area contributed by atoms with Crippen molar-refractivity contribution in [3.63, 3.8) is 0 Å². The molecule has 0 heterocycles. The number of phenols is 1. The highest BCUT2D eigenvalue weighted by Gasteiger charge is 2.07. The fourth-order valence-corrected chi connectivity index (χ4v) is 2.15. The number of halogens is 1. The fraction of sp³-hybridized carbons (Fsp3) is 0.188. The first-order valence-electron chi connectivity index (χ1n) is 6.50. The minimum Gasteiger partial charge on any atom is -0.507 e. The maximum atomic E-state index is 12.0. The van der Waals surface area contributed by atoms with Crippen LogP contribution in [0.2, 0.25) is 0 Å². The van der Waals surface area contributed by atoms with Gasteiger partial charge in [-0.15, -0.1) is 0 Å². The van der Waals surface area contributed by atoms with E-state index >= 15 is 0 Å². The second-order valence-corrected chi connectivity index (χ2v) is 5.38. The van der Waals surface area contributed by atoms with Crippen LogP contribution in [0, 0.1) is 0 Å². The van der Waals surface area contributed by atoms with Gasteiger partial charge < -0.3 is 15.2 Å². The standard InChI is InChI=1S/C16H16BrNO3/c1-21-13-4-2-3-11(9-13)7-8-18-16(20)12-5-6-14(17)15(19)10-12/h2-6,9-10,19H,7-8H2,1H3,(H,18,20). The van der Waals surface area contributed by atoms with Gasteiger partial charge in [0.2, 0.25) is 0 Å². The van der Waals surface area contributed by atoms with Crippen LogP contribution >= 0.6 is 15.9 Å². The maximum absolute atomic E-state index is 12.0. The molecule has 0 atom stereocenters. The molecular weight excluding hydrogens is 334 g/mol. The van der Waals surface area contributed by atoms with Crippen molar-refractivity contribution < 1.29 is 14.6 Å². The van der Waals surface area contributed by atoms with Gasteiger partial charge in [-0.2, -0.15) is 0 Å². The molecule has 0 aliphatic heterocycles. The molecule has 4 nitrogen and oxygen atoms in total. The van der Waals surface area contributed by atoms with E-state index in [1.54, 1.807) is 19.2 Å². The molecule has 5 heteroatoms. The topological polar surface area (TPSA) is 58.6 Å². The van der Waals surface area contributed by atoms with Crippen LogP contribution in [-0.4, -0.2) is 24.7 Å². The Kier molecular flexibility index (Phi) is 5.22. The van der Waals surface area contributed by atoms with Crippen LogP contribution in [0.25, 0.3) is 0 Å². The summed E-state index contributed by atoms with van der Waals surface area (Å²) in [6, 6.07) is 12.5. The van der Waals surface area contributed by atoms with Crippen LogP contribution in [0.4, 0.5) is 0 Å². The molecule has 0 saturated heterocycles. The van der Waals surface area contributed by atoms with Gasteiger partial charge >= 0.3 is 0 Å². The molecule has 0 aliphatic carbocycles. The van der Waals surface area contributed by atoms with E-state index < -0.39 is 0 Å². The minimum absolute atomic E-state index is 0.0513. The molecule has 2 rings (SSSR count). The third kappa shape index (κ3) is 4.23. The average Bonchev–Trinajstić information content (AvgIpc) is 2.50. The number of nitrogens with one attached hydrogen (secondary N) is 1. The number of phenolic OH excluding ortho intramolecular Hbond substituents is 1. The molecule has 0 fully saturated rings. The second kappa shape index (κ2) is 7.13. The number of ether oxygens (including phenoxy) is 1. The first-order chi connectivity index (χ1) is 10.1. The number of rotatable bonds is 5. The predicted octanol–water partition coefficient (Wildman–Crippen LogP) is 3.14. The Morgan fingerprint density at radius 3 is 2.81 bits per heavy atom. The summed E-state index contributed by atoms with van der Waals surface area (Å²) >= 11 is 3.18. The van der Waals surface area contributed by atoms with Crippen LogP contribution in [0.3, 0.4) is 0 Å². The van der Waals surface area contributed by atoms with Gasteiger partial charge in [0.25, 0.3) is 5.91 Å². The number of aromatic hydroxyl groups is 1. The number of carbonyl (C=O) groups is 1. The summed E-state index contributed by atoms with van der Waals surface area (Å²) in [5, 5.41) is 12.4. The summed E-state index contributed by atoms with van der Waals surface area (Å²) in [5.41, 5.74) is 1.52. The number of carbonyl (C=O) groups excluding carboxylic acids is 1. The van der Waals surface area contributed by atoms with Crippen molar-refractivity contribution in [2.24, 2.45) is 0 Å². The Bertz CT molecular complexity index is 643. The normalized spacial score (nSPS) is 10.2. The maximum Gasteiger partial charge on any atom is 0.251 e. The van der Waals surface area contributed by atoms with Crippen molar-refractivity contribution in [2.45, 2.75) is 6.42 Å². The summed E-state index contributed by atoms with van der Waals surface area (Å²) < 4.78 is 5.72. The Morgan fingerprint density at radius 1 is 1.29 bits per heavy atom. The van der Waals surface area contributed by atoms with Gasteiger partial charge in [0.05, 0.1) is 11.6 Å². The Labute approximate surface area is 131 Å². The molecule has 21 heavy (non-hydrogen) atoms. The highest BCUT2D eigenvalue weighted by molar-refractivity contribution is 9.10. The van der Waals surface area contributed by atoms with Gasteiger partial charge in [-0.3, -0.25) is 4.79 Å². The van der Waals surface area contributed by atoms with E-state index in [9.17, 15) is 9.90 Å². The highest BCUT2D eigenvalue weighted by atomic mass is 79.9. The lowest BCUT2D eigenvalue weighted by Crippen LogP contribution is -2.25. The molecule has 0 radical (unpaired) electrons. The fourth-order valence-electron chi connectivity index (χ4n) is 1.90. The molecule has 0 aromatic heterocycles. The summed E-state index contributed by atoms with van der Waals surface area (Å²) in [6.07, 6.45) is 0.714. The van der Waals surface area contributed by atoms with E-state index in [0.717, 1.165) is 11.3 Å². The molecule has 2 aromatic carbocycles. The van der Waals surface area contributed by atoms with Crippen LogP contribution in [0.15, 0.2) is 46.9 Å². The third-order valence-electron chi connectivity index (χ3n) is 3.04. The number of amides is 1. The molecule has 2 N–H and O–H groups in total. The molecule has 1 amide bonds. The third-order valence-corrected chi connectivity index (χ3v) is 3.71. The molecule has 0 saturated carbocycles. The van der Waals surface area contributed by atoms with Gasteiger partial charge in [0.1, 0.15) is 11.5 Å². The van der Waals surface area contributed by atoms with Crippen LogP contribution < -0.4 is 10.1 Å². The minimum atomic E-state index is -0.208. The smallest absolute Gasteiger partial charge is 0.251 e. The molecular formula is C16H16BrNO3. The Hall–Kier alpha value is -2.01. The van der Waals surface area contributed by atoms with E-state index in [1.807, 2.05) is 24.3 Å². The van der Waals surface area contributed by atoms with Crippen molar-refractivity contribution >= 4 is 21.8 Å². The monoisotopic (exact) mass is 349 g/mol. The van der Waals surface area contributed by atoms with E-state index in [-0.39, 0.29) is 11.7 Å². The van der Waals surface area contributed by atoms with Crippen LogP contribution in [-0.2, 0) is 6.42 Å².